The molecule has 6 nitrogen and oxygen atoms in total. The van der Waals surface area contributed by atoms with Gasteiger partial charge in [0, 0.05) is 23.8 Å². The summed E-state index contributed by atoms with van der Waals surface area (Å²) < 4.78 is 0. The molecule has 0 aromatic carbocycles. The van der Waals surface area contributed by atoms with Gasteiger partial charge in [-0.15, -0.1) is 0 Å². The first kappa shape index (κ1) is 12.2. The second kappa shape index (κ2) is 5.85. The van der Waals surface area contributed by atoms with Crippen molar-refractivity contribution in [3.8, 4) is 0 Å². The van der Waals surface area contributed by atoms with Crippen molar-refractivity contribution in [2.24, 2.45) is 5.11 Å². The Labute approximate surface area is 92.1 Å². The number of hydrogen-bond donors (Lipinski definition) is 2. The molecule has 0 saturated carbocycles. The maximum absolute atomic E-state index is 11.2. The van der Waals surface area contributed by atoms with E-state index in [1.165, 1.54) is 0 Å². The number of thioether (sulfide) groups is 1. The van der Waals surface area contributed by atoms with Gasteiger partial charge in [0.05, 0.1) is 0 Å². The summed E-state index contributed by atoms with van der Waals surface area (Å²) in [7, 11) is 0. The van der Waals surface area contributed by atoms with Crippen LogP contribution in [-0.2, 0) is 4.79 Å². The Balaban J connectivity index is 2.49. The van der Waals surface area contributed by atoms with Gasteiger partial charge in [-0.2, -0.15) is 11.8 Å². The van der Waals surface area contributed by atoms with Crippen LogP contribution in [0, 0.1) is 0 Å². The first-order chi connectivity index (χ1) is 7.21. The number of carbonyl (C=O) groups is 1. The lowest BCUT2D eigenvalue weighted by atomic mass is 9.95. The maximum atomic E-state index is 11.2. The zero-order chi connectivity index (χ0) is 11.1. The molecule has 0 spiro atoms. The number of hydrogen-bond acceptors (Lipinski definition) is 4. The van der Waals surface area contributed by atoms with Crippen molar-refractivity contribution >= 4 is 17.7 Å². The number of azide groups is 1. The van der Waals surface area contributed by atoms with E-state index < -0.39 is 11.5 Å². The minimum atomic E-state index is -0.826. The van der Waals surface area contributed by atoms with E-state index in [1.807, 2.05) is 0 Å². The Hall–Kier alpha value is -0.910. The standard InChI is InChI=1S/C8H14N4O2S/c9-12-11-4-3-10-8(7(13)14)2-1-5-15-6-8/h10H,1-6H2,(H,13,14). The molecule has 1 aliphatic heterocycles. The fourth-order valence-electron chi connectivity index (χ4n) is 1.57. The summed E-state index contributed by atoms with van der Waals surface area (Å²) in [4.78, 5) is 13.8. The second-order valence-electron chi connectivity index (χ2n) is 3.42. The molecule has 0 bridgehead atoms. The highest BCUT2D eigenvalue weighted by atomic mass is 32.2. The van der Waals surface area contributed by atoms with Gasteiger partial charge in [0.25, 0.3) is 0 Å². The van der Waals surface area contributed by atoms with Crippen molar-refractivity contribution in [2.45, 2.75) is 18.4 Å². The van der Waals surface area contributed by atoms with Crippen molar-refractivity contribution < 1.29 is 9.90 Å². The van der Waals surface area contributed by atoms with Gasteiger partial charge >= 0.3 is 5.97 Å². The number of rotatable bonds is 5. The summed E-state index contributed by atoms with van der Waals surface area (Å²) in [5, 5.41) is 15.5. The lowest BCUT2D eigenvalue weighted by Crippen LogP contribution is -2.56. The second-order valence-corrected chi connectivity index (χ2v) is 4.53. The zero-order valence-corrected chi connectivity index (χ0v) is 9.16. The molecular weight excluding hydrogens is 216 g/mol. The van der Waals surface area contributed by atoms with E-state index in [0.717, 1.165) is 12.2 Å². The number of carboxylic acids is 1. The van der Waals surface area contributed by atoms with Gasteiger partial charge in [0.2, 0.25) is 0 Å². The molecule has 1 unspecified atom stereocenters. The van der Waals surface area contributed by atoms with Crippen LogP contribution in [0.3, 0.4) is 0 Å². The first-order valence-corrected chi connectivity index (χ1v) is 5.94. The molecule has 7 heteroatoms. The molecule has 15 heavy (non-hydrogen) atoms. The Morgan fingerprint density at radius 3 is 3.07 bits per heavy atom. The van der Waals surface area contributed by atoms with E-state index in [1.54, 1.807) is 11.8 Å². The van der Waals surface area contributed by atoms with Crippen LogP contribution in [0.15, 0.2) is 5.11 Å². The molecule has 1 fully saturated rings. The molecule has 1 rings (SSSR count). The molecule has 0 aromatic heterocycles. The molecule has 1 atom stereocenters. The summed E-state index contributed by atoms with van der Waals surface area (Å²) in [5.41, 5.74) is 7.26. The van der Waals surface area contributed by atoms with Crippen LogP contribution in [-0.4, -0.2) is 41.2 Å². The fraction of sp³-hybridized carbons (Fsp3) is 0.875. The monoisotopic (exact) mass is 230 g/mol. The minimum absolute atomic E-state index is 0.288. The summed E-state index contributed by atoms with van der Waals surface area (Å²) in [6.45, 7) is 0.702. The summed E-state index contributed by atoms with van der Waals surface area (Å²) in [5.74, 6) is 0.793. The maximum Gasteiger partial charge on any atom is 0.324 e. The van der Waals surface area contributed by atoms with Gasteiger partial charge in [-0.25, -0.2) is 0 Å². The summed E-state index contributed by atoms with van der Waals surface area (Å²) in [6, 6.07) is 0. The van der Waals surface area contributed by atoms with E-state index in [2.05, 4.69) is 15.3 Å². The Morgan fingerprint density at radius 1 is 1.73 bits per heavy atom. The molecule has 2 N–H and O–H groups in total. The van der Waals surface area contributed by atoms with Crippen LogP contribution in [0.5, 0.6) is 0 Å². The molecule has 1 heterocycles. The van der Waals surface area contributed by atoms with Crippen LogP contribution in [0.25, 0.3) is 10.4 Å². The van der Waals surface area contributed by atoms with E-state index in [9.17, 15) is 4.79 Å². The SMILES string of the molecule is [N-]=[N+]=NCCNC1(C(=O)O)CCCSC1. The van der Waals surface area contributed by atoms with Crippen LogP contribution in [0.4, 0.5) is 0 Å². The minimum Gasteiger partial charge on any atom is -0.480 e. The molecule has 0 amide bonds. The van der Waals surface area contributed by atoms with Crippen molar-refractivity contribution in [3.05, 3.63) is 10.4 Å². The van der Waals surface area contributed by atoms with Crippen LogP contribution >= 0.6 is 11.8 Å². The third-order valence-electron chi connectivity index (χ3n) is 2.39. The highest BCUT2D eigenvalue weighted by Crippen LogP contribution is 2.26. The largest absolute Gasteiger partial charge is 0.480 e. The van der Waals surface area contributed by atoms with Gasteiger partial charge in [-0.3, -0.25) is 4.79 Å². The molecule has 0 aromatic rings. The zero-order valence-electron chi connectivity index (χ0n) is 8.35. The van der Waals surface area contributed by atoms with Crippen molar-refractivity contribution in [3.63, 3.8) is 0 Å². The average Bonchev–Trinajstić information content (AvgIpc) is 2.26. The van der Waals surface area contributed by atoms with Crippen LogP contribution in [0.1, 0.15) is 12.8 Å². The van der Waals surface area contributed by atoms with Gasteiger partial charge in [-0.05, 0) is 24.1 Å². The molecule has 1 aliphatic rings. The first-order valence-electron chi connectivity index (χ1n) is 4.78. The normalized spacial score (nSPS) is 25.6. The highest BCUT2D eigenvalue weighted by Gasteiger charge is 2.39. The van der Waals surface area contributed by atoms with E-state index in [-0.39, 0.29) is 6.54 Å². The van der Waals surface area contributed by atoms with E-state index >= 15 is 0 Å². The Bertz CT molecular complexity index is 272. The molecule has 84 valence electrons. The summed E-state index contributed by atoms with van der Waals surface area (Å²) in [6.07, 6.45) is 1.55. The quantitative estimate of drug-likeness (QED) is 0.321. The number of nitrogens with zero attached hydrogens (tertiary/aromatic N) is 3. The Morgan fingerprint density at radius 2 is 2.53 bits per heavy atom. The number of aliphatic carboxylic acids is 1. The molecule has 1 saturated heterocycles. The van der Waals surface area contributed by atoms with Gasteiger partial charge in [0.1, 0.15) is 5.54 Å². The molecule has 0 aliphatic carbocycles. The molecular formula is C8H14N4O2S. The van der Waals surface area contributed by atoms with Crippen molar-refractivity contribution in [1.82, 2.24) is 5.32 Å². The summed E-state index contributed by atoms with van der Waals surface area (Å²) >= 11 is 1.65. The predicted molar refractivity (Wildman–Crippen MR) is 58.9 cm³/mol. The topological polar surface area (TPSA) is 98.1 Å². The van der Waals surface area contributed by atoms with Gasteiger partial charge in [0.15, 0.2) is 0 Å². The highest BCUT2D eigenvalue weighted by molar-refractivity contribution is 7.99. The smallest absolute Gasteiger partial charge is 0.324 e. The van der Waals surface area contributed by atoms with Crippen molar-refractivity contribution in [1.29, 1.82) is 0 Å². The predicted octanol–water partition coefficient (Wildman–Crippen LogP) is 1.24. The van der Waals surface area contributed by atoms with Crippen LogP contribution < -0.4 is 5.32 Å². The third kappa shape index (κ3) is 3.30. The number of nitrogens with one attached hydrogen (secondary N) is 1. The lowest BCUT2D eigenvalue weighted by molar-refractivity contribution is -0.144. The average molecular weight is 230 g/mol. The molecule has 0 radical (unpaired) electrons. The van der Waals surface area contributed by atoms with Gasteiger partial charge < -0.3 is 10.4 Å². The fourth-order valence-corrected chi connectivity index (χ4v) is 2.78. The van der Waals surface area contributed by atoms with Gasteiger partial charge in [-0.1, -0.05) is 5.11 Å². The lowest BCUT2D eigenvalue weighted by Gasteiger charge is -2.33. The van der Waals surface area contributed by atoms with Crippen LogP contribution in [0.2, 0.25) is 0 Å². The van der Waals surface area contributed by atoms with E-state index in [4.69, 9.17) is 10.6 Å². The Kier molecular flexibility index (Phi) is 4.74. The van der Waals surface area contributed by atoms with Crippen molar-refractivity contribution in [2.75, 3.05) is 24.6 Å². The van der Waals surface area contributed by atoms with E-state index in [0.29, 0.717) is 18.7 Å². The number of carboxylic acid groups (broad SMARTS) is 1. The third-order valence-corrected chi connectivity index (χ3v) is 3.66.